The molecule has 1 rings (SSSR count). The molecule has 1 unspecified atom stereocenters. The second kappa shape index (κ2) is 5.68. The average molecular weight is 234 g/mol. The molecule has 0 saturated heterocycles. The van der Waals surface area contributed by atoms with Crippen LogP contribution in [0.5, 0.6) is 0 Å². The van der Waals surface area contributed by atoms with Crippen molar-refractivity contribution in [2.24, 2.45) is 5.73 Å². The van der Waals surface area contributed by atoms with E-state index in [-0.39, 0.29) is 24.0 Å². The standard InChI is InChI=1S/C10H12FNO2.ClH/c1-6(12)8-4-3-7(5-9(8)11)10(13)14-2;/h3-6H,12H2,1-2H3;1H. The Bertz CT molecular complexity index is 355. The highest BCUT2D eigenvalue weighted by atomic mass is 35.5. The number of nitrogens with two attached hydrogens (primary N) is 1. The fraction of sp³-hybridized carbons (Fsp3) is 0.300. The lowest BCUT2D eigenvalue weighted by Gasteiger charge is -2.07. The summed E-state index contributed by atoms with van der Waals surface area (Å²) in [7, 11) is 1.25. The second-order valence-corrected chi connectivity index (χ2v) is 3.02. The molecule has 0 aromatic heterocycles. The average Bonchev–Trinajstić information content (AvgIpc) is 2.15. The summed E-state index contributed by atoms with van der Waals surface area (Å²) >= 11 is 0. The molecular formula is C10H13ClFNO2. The van der Waals surface area contributed by atoms with Crippen molar-refractivity contribution in [1.82, 2.24) is 0 Å². The zero-order valence-electron chi connectivity index (χ0n) is 8.49. The Morgan fingerprint density at radius 1 is 1.53 bits per heavy atom. The van der Waals surface area contributed by atoms with Crippen molar-refractivity contribution in [2.45, 2.75) is 13.0 Å². The lowest BCUT2D eigenvalue weighted by atomic mass is 10.1. The van der Waals surface area contributed by atoms with Crippen LogP contribution >= 0.6 is 12.4 Å². The largest absolute Gasteiger partial charge is 0.465 e. The van der Waals surface area contributed by atoms with Gasteiger partial charge in [-0.3, -0.25) is 0 Å². The summed E-state index contributed by atoms with van der Waals surface area (Å²) in [6.45, 7) is 1.68. The van der Waals surface area contributed by atoms with Gasteiger partial charge >= 0.3 is 5.97 Å². The van der Waals surface area contributed by atoms with Gasteiger partial charge in [-0.2, -0.15) is 0 Å². The Balaban J connectivity index is 0.00000196. The minimum Gasteiger partial charge on any atom is -0.465 e. The van der Waals surface area contributed by atoms with E-state index < -0.39 is 11.8 Å². The summed E-state index contributed by atoms with van der Waals surface area (Å²) in [5, 5.41) is 0. The number of halogens is 2. The van der Waals surface area contributed by atoms with Gasteiger partial charge in [0.2, 0.25) is 0 Å². The SMILES string of the molecule is COC(=O)c1ccc(C(C)N)c(F)c1.Cl. The molecule has 0 aliphatic carbocycles. The highest BCUT2D eigenvalue weighted by molar-refractivity contribution is 5.89. The summed E-state index contributed by atoms with van der Waals surface area (Å²) in [6.07, 6.45) is 0. The topological polar surface area (TPSA) is 52.3 Å². The van der Waals surface area contributed by atoms with E-state index in [0.717, 1.165) is 6.07 Å². The molecule has 1 aromatic rings. The fourth-order valence-electron chi connectivity index (χ4n) is 1.14. The molecule has 0 saturated carbocycles. The number of ether oxygens (including phenoxy) is 1. The van der Waals surface area contributed by atoms with Gasteiger partial charge in [-0.1, -0.05) is 6.07 Å². The monoisotopic (exact) mass is 233 g/mol. The van der Waals surface area contributed by atoms with E-state index in [0.29, 0.717) is 5.56 Å². The molecule has 0 spiro atoms. The Hall–Kier alpha value is -1.13. The molecule has 0 heterocycles. The minimum absolute atomic E-state index is 0. The van der Waals surface area contributed by atoms with Crippen LogP contribution in [-0.2, 0) is 4.74 Å². The molecular weight excluding hydrogens is 221 g/mol. The van der Waals surface area contributed by atoms with E-state index in [1.807, 2.05) is 0 Å². The summed E-state index contributed by atoms with van der Waals surface area (Å²) in [4.78, 5) is 11.0. The minimum atomic E-state index is -0.555. The second-order valence-electron chi connectivity index (χ2n) is 3.02. The van der Waals surface area contributed by atoms with Crippen molar-refractivity contribution < 1.29 is 13.9 Å². The Labute approximate surface area is 93.8 Å². The van der Waals surface area contributed by atoms with Gasteiger partial charge in [0.1, 0.15) is 5.82 Å². The summed E-state index contributed by atoms with van der Waals surface area (Å²) in [5.41, 5.74) is 6.09. The Kier molecular flexibility index (Phi) is 5.25. The number of hydrogen-bond acceptors (Lipinski definition) is 3. The van der Waals surface area contributed by atoms with Gasteiger partial charge in [-0.25, -0.2) is 9.18 Å². The van der Waals surface area contributed by atoms with Crippen LogP contribution in [0.25, 0.3) is 0 Å². The number of hydrogen-bond donors (Lipinski definition) is 1. The Morgan fingerprint density at radius 3 is 2.53 bits per heavy atom. The molecule has 0 amide bonds. The van der Waals surface area contributed by atoms with Gasteiger partial charge in [-0.05, 0) is 19.1 Å². The molecule has 2 N–H and O–H groups in total. The quantitative estimate of drug-likeness (QED) is 0.796. The fourth-order valence-corrected chi connectivity index (χ4v) is 1.14. The lowest BCUT2D eigenvalue weighted by Crippen LogP contribution is -2.09. The van der Waals surface area contributed by atoms with Gasteiger partial charge < -0.3 is 10.5 Å². The lowest BCUT2D eigenvalue weighted by molar-refractivity contribution is 0.0600. The van der Waals surface area contributed by atoms with E-state index in [4.69, 9.17) is 5.73 Å². The van der Waals surface area contributed by atoms with E-state index in [2.05, 4.69) is 4.74 Å². The van der Waals surface area contributed by atoms with Gasteiger partial charge in [0.15, 0.2) is 0 Å². The molecule has 1 aromatic carbocycles. The first-order valence-electron chi connectivity index (χ1n) is 4.19. The van der Waals surface area contributed by atoms with Gasteiger partial charge in [-0.15, -0.1) is 12.4 Å². The number of rotatable bonds is 2. The summed E-state index contributed by atoms with van der Waals surface area (Å²) < 4.78 is 17.8. The van der Waals surface area contributed by atoms with Crippen LogP contribution in [0.1, 0.15) is 28.9 Å². The van der Waals surface area contributed by atoms with Gasteiger partial charge in [0, 0.05) is 11.6 Å². The van der Waals surface area contributed by atoms with Gasteiger partial charge in [0.05, 0.1) is 12.7 Å². The van der Waals surface area contributed by atoms with Crippen molar-refractivity contribution in [1.29, 1.82) is 0 Å². The van der Waals surface area contributed by atoms with E-state index in [1.54, 1.807) is 6.92 Å². The maximum absolute atomic E-state index is 13.3. The highest BCUT2D eigenvalue weighted by Crippen LogP contribution is 2.16. The van der Waals surface area contributed by atoms with Crippen LogP contribution in [0.2, 0.25) is 0 Å². The van der Waals surface area contributed by atoms with Crippen molar-refractivity contribution in [3.8, 4) is 0 Å². The predicted octanol–water partition coefficient (Wildman–Crippen LogP) is 2.05. The van der Waals surface area contributed by atoms with E-state index in [1.165, 1.54) is 19.2 Å². The van der Waals surface area contributed by atoms with Crippen LogP contribution in [-0.4, -0.2) is 13.1 Å². The van der Waals surface area contributed by atoms with E-state index in [9.17, 15) is 9.18 Å². The predicted molar refractivity (Wildman–Crippen MR) is 57.6 cm³/mol. The number of benzene rings is 1. The molecule has 0 bridgehead atoms. The molecule has 5 heteroatoms. The molecule has 0 fully saturated rings. The number of esters is 1. The van der Waals surface area contributed by atoms with Crippen LogP contribution in [0.15, 0.2) is 18.2 Å². The van der Waals surface area contributed by atoms with Gasteiger partial charge in [0.25, 0.3) is 0 Å². The maximum atomic E-state index is 13.3. The van der Waals surface area contributed by atoms with Crippen molar-refractivity contribution in [3.05, 3.63) is 35.1 Å². The first-order valence-corrected chi connectivity index (χ1v) is 4.19. The number of methoxy groups -OCH3 is 1. The number of carbonyl (C=O) groups is 1. The smallest absolute Gasteiger partial charge is 0.337 e. The van der Waals surface area contributed by atoms with Crippen molar-refractivity contribution >= 4 is 18.4 Å². The van der Waals surface area contributed by atoms with Crippen molar-refractivity contribution in [3.63, 3.8) is 0 Å². The molecule has 84 valence electrons. The first-order chi connectivity index (χ1) is 6.56. The van der Waals surface area contributed by atoms with Crippen LogP contribution < -0.4 is 5.73 Å². The Morgan fingerprint density at radius 2 is 2.13 bits per heavy atom. The van der Waals surface area contributed by atoms with Crippen LogP contribution in [0, 0.1) is 5.82 Å². The summed E-state index contributed by atoms with van der Waals surface area (Å²) in [6, 6.07) is 3.73. The molecule has 0 radical (unpaired) electrons. The van der Waals surface area contributed by atoms with Crippen molar-refractivity contribution in [2.75, 3.05) is 7.11 Å². The third-order valence-electron chi connectivity index (χ3n) is 1.91. The normalized spacial score (nSPS) is 11.5. The first kappa shape index (κ1) is 13.9. The van der Waals surface area contributed by atoms with Crippen LogP contribution in [0.4, 0.5) is 4.39 Å². The third kappa shape index (κ3) is 3.18. The molecule has 0 aliphatic heterocycles. The van der Waals surface area contributed by atoms with Crippen LogP contribution in [0.3, 0.4) is 0 Å². The molecule has 1 atom stereocenters. The molecule has 0 aliphatic rings. The summed E-state index contributed by atoms with van der Waals surface area (Å²) in [5.74, 6) is -1.04. The number of carbonyl (C=O) groups excluding carboxylic acids is 1. The maximum Gasteiger partial charge on any atom is 0.337 e. The molecule has 3 nitrogen and oxygen atoms in total. The third-order valence-corrected chi connectivity index (χ3v) is 1.91. The molecule has 15 heavy (non-hydrogen) atoms. The van der Waals surface area contributed by atoms with E-state index >= 15 is 0 Å². The zero-order valence-corrected chi connectivity index (χ0v) is 9.31. The highest BCUT2D eigenvalue weighted by Gasteiger charge is 2.11. The zero-order chi connectivity index (χ0) is 10.7.